The molecular weight excluding hydrogens is 464 g/mol. The Balaban J connectivity index is 1.88. The van der Waals surface area contributed by atoms with E-state index in [9.17, 15) is 9.59 Å². The van der Waals surface area contributed by atoms with Gasteiger partial charge in [0.05, 0.1) is 29.7 Å². The number of nitrogens with zero attached hydrogens (tertiary/aromatic N) is 3. The van der Waals surface area contributed by atoms with Gasteiger partial charge >= 0.3 is 6.03 Å². The maximum absolute atomic E-state index is 13.9. The van der Waals surface area contributed by atoms with Crippen molar-refractivity contribution in [3.05, 3.63) is 101 Å². The Morgan fingerprint density at radius 1 is 1.00 bits per heavy atom. The van der Waals surface area contributed by atoms with E-state index in [1.54, 1.807) is 22.6 Å². The predicted molar refractivity (Wildman–Crippen MR) is 147 cm³/mol. The molecule has 1 heterocycles. The van der Waals surface area contributed by atoms with Gasteiger partial charge in [0.15, 0.2) is 0 Å². The number of ether oxygens (including phenoxy) is 1. The predicted octanol–water partition coefficient (Wildman–Crippen LogP) is 5.86. The van der Waals surface area contributed by atoms with Crippen molar-refractivity contribution < 1.29 is 9.53 Å². The Kier molecular flexibility index (Phi) is 8.56. The maximum Gasteiger partial charge on any atom is 0.318 e. The summed E-state index contributed by atoms with van der Waals surface area (Å²) in [6.45, 7) is 5.09. The van der Waals surface area contributed by atoms with E-state index < -0.39 is 6.04 Å². The van der Waals surface area contributed by atoms with Gasteiger partial charge in [0, 0.05) is 13.1 Å². The van der Waals surface area contributed by atoms with Crippen LogP contribution in [-0.4, -0.2) is 34.1 Å². The third-order valence-corrected chi connectivity index (χ3v) is 6.46. The summed E-state index contributed by atoms with van der Waals surface area (Å²) in [5.74, 6) is 1.22. The average Bonchev–Trinajstić information content (AvgIpc) is 2.94. The van der Waals surface area contributed by atoms with Crippen LogP contribution >= 0.6 is 0 Å². The van der Waals surface area contributed by atoms with Crippen LogP contribution in [0.4, 0.5) is 4.79 Å². The van der Waals surface area contributed by atoms with Gasteiger partial charge < -0.3 is 15.0 Å². The molecule has 0 aliphatic heterocycles. The molecule has 2 amide bonds. The molecule has 0 bridgehead atoms. The van der Waals surface area contributed by atoms with Crippen molar-refractivity contribution in [3.8, 4) is 11.4 Å². The Morgan fingerprint density at radius 2 is 1.70 bits per heavy atom. The second-order valence-corrected chi connectivity index (χ2v) is 8.95. The molecule has 0 saturated heterocycles. The molecule has 1 unspecified atom stereocenters. The van der Waals surface area contributed by atoms with E-state index in [4.69, 9.17) is 9.72 Å². The highest BCUT2D eigenvalue weighted by atomic mass is 16.5. The van der Waals surface area contributed by atoms with Crippen molar-refractivity contribution in [2.24, 2.45) is 0 Å². The van der Waals surface area contributed by atoms with Crippen LogP contribution in [0.3, 0.4) is 0 Å². The minimum Gasteiger partial charge on any atom is -0.497 e. The van der Waals surface area contributed by atoms with Crippen LogP contribution in [0.1, 0.15) is 50.5 Å². The molecule has 4 aromatic rings. The van der Waals surface area contributed by atoms with E-state index in [2.05, 4.69) is 12.2 Å². The smallest absolute Gasteiger partial charge is 0.318 e. The first kappa shape index (κ1) is 25.9. The number of aromatic nitrogens is 2. The molecule has 37 heavy (non-hydrogen) atoms. The second-order valence-electron chi connectivity index (χ2n) is 8.95. The Bertz CT molecular complexity index is 1380. The first-order valence-corrected chi connectivity index (χ1v) is 12.8. The molecule has 7 nitrogen and oxygen atoms in total. The van der Waals surface area contributed by atoms with Crippen LogP contribution in [-0.2, 0) is 6.54 Å². The molecule has 0 fully saturated rings. The number of para-hydroxylation sites is 1. The number of nitrogens with one attached hydrogen (secondary N) is 1. The second kappa shape index (κ2) is 12.2. The highest BCUT2D eigenvalue weighted by Crippen LogP contribution is 2.28. The number of hydrogen-bond donors (Lipinski definition) is 1. The van der Waals surface area contributed by atoms with Crippen LogP contribution in [0.15, 0.2) is 83.7 Å². The lowest BCUT2D eigenvalue weighted by molar-refractivity contribution is 0.163. The van der Waals surface area contributed by atoms with Crippen LogP contribution in [0.25, 0.3) is 16.6 Å². The van der Waals surface area contributed by atoms with E-state index >= 15 is 0 Å². The van der Waals surface area contributed by atoms with E-state index in [1.165, 1.54) is 0 Å². The van der Waals surface area contributed by atoms with Crippen LogP contribution in [0.5, 0.6) is 5.75 Å². The number of benzene rings is 3. The topological polar surface area (TPSA) is 76.5 Å². The quantitative estimate of drug-likeness (QED) is 0.278. The number of hydrogen-bond acceptors (Lipinski definition) is 4. The lowest BCUT2D eigenvalue weighted by Crippen LogP contribution is -2.44. The summed E-state index contributed by atoms with van der Waals surface area (Å²) in [4.78, 5) is 34.2. The molecule has 4 rings (SSSR count). The standard InChI is InChI=1S/C30H34N4O3/c1-4-6-20-31-30(36)33(21-22-12-8-7-9-13-22)27(5-2)28-32-26-15-11-10-14-25(26)29(35)34(28)23-16-18-24(37-3)19-17-23/h7-19,27H,4-6,20-21H2,1-3H3,(H,31,36). The molecule has 0 saturated carbocycles. The summed E-state index contributed by atoms with van der Waals surface area (Å²) in [6.07, 6.45) is 2.46. The first-order valence-electron chi connectivity index (χ1n) is 12.8. The number of unbranched alkanes of at least 4 members (excludes halogenated alkanes) is 1. The minimum absolute atomic E-state index is 0.171. The number of amides is 2. The SMILES string of the molecule is CCCCNC(=O)N(Cc1ccccc1)C(CC)c1nc2ccccc2c(=O)n1-c1ccc(OC)cc1. The van der Waals surface area contributed by atoms with Crippen molar-refractivity contribution in [1.82, 2.24) is 19.8 Å². The third-order valence-electron chi connectivity index (χ3n) is 6.46. The fourth-order valence-corrected chi connectivity index (χ4v) is 4.47. The Hall–Kier alpha value is -4.13. The largest absolute Gasteiger partial charge is 0.497 e. The normalized spacial score (nSPS) is 11.8. The molecule has 0 spiro atoms. The lowest BCUT2D eigenvalue weighted by Gasteiger charge is -2.32. The van der Waals surface area contributed by atoms with Gasteiger partial charge in [-0.1, -0.05) is 62.7 Å². The molecule has 1 N–H and O–H groups in total. The lowest BCUT2D eigenvalue weighted by atomic mass is 10.1. The Morgan fingerprint density at radius 3 is 2.38 bits per heavy atom. The van der Waals surface area contributed by atoms with Crippen LogP contribution in [0, 0.1) is 0 Å². The van der Waals surface area contributed by atoms with Crippen molar-refractivity contribution in [2.45, 2.75) is 45.7 Å². The summed E-state index contributed by atoms with van der Waals surface area (Å²) in [6, 6.07) is 23.9. The number of methoxy groups -OCH3 is 1. The van der Waals surface area contributed by atoms with Gasteiger partial charge in [0.1, 0.15) is 11.6 Å². The molecule has 1 aromatic heterocycles. The fourth-order valence-electron chi connectivity index (χ4n) is 4.47. The number of rotatable bonds is 10. The van der Waals surface area contributed by atoms with Gasteiger partial charge in [-0.2, -0.15) is 0 Å². The molecule has 0 radical (unpaired) electrons. The summed E-state index contributed by atoms with van der Waals surface area (Å²) >= 11 is 0. The molecule has 3 aromatic carbocycles. The third kappa shape index (κ3) is 5.82. The summed E-state index contributed by atoms with van der Waals surface area (Å²) < 4.78 is 6.96. The van der Waals surface area contributed by atoms with Gasteiger partial charge in [-0.05, 0) is 54.8 Å². The molecule has 0 aliphatic rings. The summed E-state index contributed by atoms with van der Waals surface area (Å²) in [7, 11) is 1.61. The summed E-state index contributed by atoms with van der Waals surface area (Å²) in [5, 5.41) is 3.60. The van der Waals surface area contributed by atoms with E-state index in [0.29, 0.717) is 47.7 Å². The Labute approximate surface area is 217 Å². The van der Waals surface area contributed by atoms with E-state index in [1.807, 2.05) is 79.7 Å². The molecular formula is C30H34N4O3. The fraction of sp³-hybridized carbons (Fsp3) is 0.300. The van der Waals surface area contributed by atoms with E-state index in [-0.39, 0.29) is 11.6 Å². The molecule has 192 valence electrons. The zero-order valence-corrected chi connectivity index (χ0v) is 21.7. The zero-order valence-electron chi connectivity index (χ0n) is 21.7. The minimum atomic E-state index is -0.443. The van der Waals surface area contributed by atoms with Crippen molar-refractivity contribution in [2.75, 3.05) is 13.7 Å². The molecule has 1 atom stereocenters. The van der Waals surface area contributed by atoms with Gasteiger partial charge in [0.2, 0.25) is 0 Å². The van der Waals surface area contributed by atoms with Crippen molar-refractivity contribution in [3.63, 3.8) is 0 Å². The van der Waals surface area contributed by atoms with Gasteiger partial charge in [0.25, 0.3) is 5.56 Å². The van der Waals surface area contributed by atoms with Gasteiger partial charge in [-0.3, -0.25) is 9.36 Å². The molecule has 7 heteroatoms. The number of carbonyl (C=O) groups is 1. The zero-order chi connectivity index (χ0) is 26.2. The monoisotopic (exact) mass is 498 g/mol. The number of carbonyl (C=O) groups excluding carboxylic acids is 1. The van der Waals surface area contributed by atoms with Gasteiger partial charge in [-0.15, -0.1) is 0 Å². The highest BCUT2D eigenvalue weighted by molar-refractivity contribution is 5.78. The molecule has 0 aliphatic carbocycles. The van der Waals surface area contributed by atoms with Crippen LogP contribution in [0.2, 0.25) is 0 Å². The van der Waals surface area contributed by atoms with E-state index in [0.717, 1.165) is 18.4 Å². The number of urea groups is 1. The van der Waals surface area contributed by atoms with Crippen molar-refractivity contribution in [1.29, 1.82) is 0 Å². The first-order chi connectivity index (χ1) is 18.1. The van der Waals surface area contributed by atoms with Crippen LogP contribution < -0.4 is 15.6 Å². The average molecular weight is 499 g/mol. The highest BCUT2D eigenvalue weighted by Gasteiger charge is 2.29. The van der Waals surface area contributed by atoms with Gasteiger partial charge in [-0.25, -0.2) is 9.78 Å². The van der Waals surface area contributed by atoms with Crippen molar-refractivity contribution >= 4 is 16.9 Å². The maximum atomic E-state index is 13.9. The summed E-state index contributed by atoms with van der Waals surface area (Å²) in [5.41, 5.74) is 2.11. The number of fused-ring (bicyclic) bond motifs is 1.